The Kier molecular flexibility index (Phi) is 5.45. The third-order valence-electron chi connectivity index (χ3n) is 4.68. The first-order valence-electron chi connectivity index (χ1n) is 9.18. The largest absolute Gasteiger partial charge is 0.293 e. The summed E-state index contributed by atoms with van der Waals surface area (Å²) in [6, 6.07) is 7.85. The maximum atomic E-state index is 13.2. The molecular weight excluding hydrogens is 395 g/mol. The lowest BCUT2D eigenvalue weighted by molar-refractivity contribution is 0.251. The fourth-order valence-electron chi connectivity index (χ4n) is 3.31. The number of sulfonamides is 1. The molecule has 4 rings (SSSR count). The first kappa shape index (κ1) is 19.3. The smallest absolute Gasteiger partial charge is 0.243 e. The molecule has 0 aliphatic carbocycles. The summed E-state index contributed by atoms with van der Waals surface area (Å²) in [7, 11) is -3.79. The van der Waals surface area contributed by atoms with Gasteiger partial charge in [-0.3, -0.25) is 5.32 Å². The molecular formula is C19H19FN6O2S. The Morgan fingerprint density at radius 1 is 0.966 bits per heavy atom. The lowest BCUT2D eigenvalue weighted by Gasteiger charge is -2.34. The maximum Gasteiger partial charge on any atom is 0.243 e. The van der Waals surface area contributed by atoms with Gasteiger partial charge in [0.15, 0.2) is 0 Å². The van der Waals surface area contributed by atoms with E-state index in [0.29, 0.717) is 30.6 Å². The van der Waals surface area contributed by atoms with Gasteiger partial charge in [0.1, 0.15) is 5.82 Å². The molecule has 2 aromatic heterocycles. The summed E-state index contributed by atoms with van der Waals surface area (Å²) in [5, 5.41) is 2.92. The third-order valence-corrected chi connectivity index (χ3v) is 6.60. The number of rotatable bonds is 5. The molecule has 1 atom stereocenters. The molecule has 1 aromatic carbocycles. The normalized spacial score (nSPS) is 17.8. The molecule has 29 heavy (non-hydrogen) atoms. The summed E-state index contributed by atoms with van der Waals surface area (Å²) in [5.41, 5.74) is 0.587. The number of benzene rings is 1. The highest BCUT2D eigenvalue weighted by atomic mass is 32.2. The topological polar surface area (TPSA) is 101 Å². The van der Waals surface area contributed by atoms with Crippen LogP contribution < -0.4 is 5.32 Å². The number of hydrogen-bond donors (Lipinski definition) is 1. The van der Waals surface area contributed by atoms with E-state index in [4.69, 9.17) is 0 Å². The summed E-state index contributed by atoms with van der Waals surface area (Å²) in [6.45, 7) is 0.374. The van der Waals surface area contributed by atoms with Crippen molar-refractivity contribution in [3.63, 3.8) is 0 Å². The van der Waals surface area contributed by atoms with Gasteiger partial charge >= 0.3 is 0 Å². The second kappa shape index (κ2) is 8.18. The van der Waals surface area contributed by atoms with E-state index in [2.05, 4.69) is 25.3 Å². The molecule has 0 spiro atoms. The molecule has 0 radical (unpaired) electrons. The lowest BCUT2D eigenvalue weighted by atomic mass is 10.0. The van der Waals surface area contributed by atoms with Crippen LogP contribution >= 0.6 is 0 Å². The summed E-state index contributed by atoms with van der Waals surface area (Å²) in [6.07, 6.45) is 7.04. The van der Waals surface area contributed by atoms with E-state index < -0.39 is 21.9 Å². The van der Waals surface area contributed by atoms with Gasteiger partial charge in [-0.25, -0.2) is 32.7 Å². The van der Waals surface area contributed by atoms with E-state index in [0.717, 1.165) is 25.0 Å². The van der Waals surface area contributed by atoms with Gasteiger partial charge in [0.2, 0.25) is 21.9 Å². The molecule has 10 heteroatoms. The first-order valence-corrected chi connectivity index (χ1v) is 10.6. The van der Waals surface area contributed by atoms with Crippen molar-refractivity contribution in [2.45, 2.75) is 30.2 Å². The molecule has 3 heterocycles. The average molecular weight is 414 g/mol. The number of anilines is 2. The van der Waals surface area contributed by atoms with Crippen LogP contribution in [0.3, 0.4) is 0 Å². The van der Waals surface area contributed by atoms with Crippen molar-refractivity contribution < 1.29 is 12.8 Å². The molecule has 1 fully saturated rings. The van der Waals surface area contributed by atoms with Crippen molar-refractivity contribution in [2.75, 3.05) is 11.9 Å². The zero-order chi connectivity index (χ0) is 20.3. The van der Waals surface area contributed by atoms with E-state index in [1.165, 1.54) is 16.4 Å². The zero-order valence-corrected chi connectivity index (χ0v) is 16.3. The van der Waals surface area contributed by atoms with Crippen LogP contribution in [-0.2, 0) is 10.0 Å². The van der Waals surface area contributed by atoms with Crippen molar-refractivity contribution in [1.29, 1.82) is 0 Å². The Balaban J connectivity index is 1.64. The molecule has 0 bridgehead atoms. The molecule has 150 valence electrons. The molecule has 1 aliphatic heterocycles. The van der Waals surface area contributed by atoms with E-state index in [-0.39, 0.29) is 4.90 Å². The van der Waals surface area contributed by atoms with Crippen LogP contribution in [-0.4, -0.2) is 39.2 Å². The highest BCUT2D eigenvalue weighted by Gasteiger charge is 2.35. The quantitative estimate of drug-likeness (QED) is 0.685. The van der Waals surface area contributed by atoms with Gasteiger partial charge in [-0.15, -0.1) is 0 Å². The number of nitrogens with zero attached hydrogens (tertiary/aromatic N) is 5. The van der Waals surface area contributed by atoms with Crippen molar-refractivity contribution in [2.24, 2.45) is 0 Å². The van der Waals surface area contributed by atoms with Crippen LogP contribution in [0.1, 0.15) is 31.0 Å². The Hall–Kier alpha value is -2.98. The predicted octanol–water partition coefficient (Wildman–Crippen LogP) is 3.07. The molecule has 0 amide bonds. The second-order valence-corrected chi connectivity index (χ2v) is 8.47. The summed E-state index contributed by atoms with van der Waals surface area (Å²) in [5.74, 6) is 0.163. The van der Waals surface area contributed by atoms with E-state index in [1.807, 2.05) is 0 Å². The fourth-order valence-corrected chi connectivity index (χ4v) is 4.98. The van der Waals surface area contributed by atoms with Crippen LogP contribution in [0, 0.1) is 5.82 Å². The minimum atomic E-state index is -3.79. The molecule has 1 N–H and O–H groups in total. The van der Waals surface area contributed by atoms with E-state index >= 15 is 0 Å². The average Bonchev–Trinajstić information content (AvgIpc) is 2.75. The zero-order valence-electron chi connectivity index (χ0n) is 15.4. The SMILES string of the molecule is O=S(=O)(c1ccc(F)cc1)N1CCCCC1c1ccnc(Nc2ncccn2)n1. The number of piperidine rings is 1. The van der Waals surface area contributed by atoms with Gasteiger partial charge in [0.05, 0.1) is 16.6 Å². The highest BCUT2D eigenvalue weighted by molar-refractivity contribution is 7.89. The monoisotopic (exact) mass is 414 g/mol. The van der Waals surface area contributed by atoms with Crippen molar-refractivity contribution in [1.82, 2.24) is 24.2 Å². The molecule has 0 saturated carbocycles. The maximum absolute atomic E-state index is 13.2. The van der Waals surface area contributed by atoms with E-state index in [1.54, 1.807) is 30.7 Å². The molecule has 1 unspecified atom stereocenters. The Morgan fingerprint density at radius 2 is 1.69 bits per heavy atom. The third kappa shape index (κ3) is 4.22. The first-order chi connectivity index (χ1) is 14.0. The predicted molar refractivity (Wildman–Crippen MR) is 104 cm³/mol. The lowest BCUT2D eigenvalue weighted by Crippen LogP contribution is -2.38. The Bertz CT molecular complexity index is 1080. The van der Waals surface area contributed by atoms with Crippen molar-refractivity contribution >= 4 is 21.9 Å². The van der Waals surface area contributed by atoms with Crippen LogP contribution in [0.5, 0.6) is 0 Å². The van der Waals surface area contributed by atoms with Gasteiger partial charge < -0.3 is 0 Å². The number of aromatic nitrogens is 4. The van der Waals surface area contributed by atoms with Gasteiger partial charge in [0.25, 0.3) is 0 Å². The van der Waals surface area contributed by atoms with Gasteiger partial charge in [-0.2, -0.15) is 4.31 Å². The van der Waals surface area contributed by atoms with Crippen molar-refractivity contribution in [3.8, 4) is 0 Å². The molecule has 1 aliphatic rings. The summed E-state index contributed by atoms with van der Waals surface area (Å²) in [4.78, 5) is 16.9. The van der Waals surface area contributed by atoms with Crippen LogP contribution in [0.25, 0.3) is 0 Å². The Labute approximate surface area is 167 Å². The van der Waals surface area contributed by atoms with Crippen LogP contribution in [0.4, 0.5) is 16.3 Å². The Morgan fingerprint density at radius 3 is 2.45 bits per heavy atom. The minimum Gasteiger partial charge on any atom is -0.293 e. The summed E-state index contributed by atoms with van der Waals surface area (Å²) >= 11 is 0. The molecule has 1 saturated heterocycles. The van der Waals surface area contributed by atoms with Crippen LogP contribution in [0.2, 0.25) is 0 Å². The number of nitrogens with one attached hydrogen (secondary N) is 1. The van der Waals surface area contributed by atoms with E-state index in [9.17, 15) is 12.8 Å². The highest BCUT2D eigenvalue weighted by Crippen LogP contribution is 2.34. The second-order valence-electron chi connectivity index (χ2n) is 6.58. The fraction of sp³-hybridized carbons (Fsp3) is 0.263. The standard InChI is InChI=1S/C19H19FN6O2S/c20-14-5-7-15(8-6-14)29(27,28)26-13-2-1-4-17(26)16-9-12-23-19(24-16)25-18-21-10-3-11-22-18/h3,5-12,17H,1-2,4,13H2,(H,21,22,23,24,25). The summed E-state index contributed by atoms with van der Waals surface area (Å²) < 4.78 is 41.0. The van der Waals surface area contributed by atoms with Crippen molar-refractivity contribution in [3.05, 3.63) is 66.5 Å². The van der Waals surface area contributed by atoms with Gasteiger partial charge in [0, 0.05) is 25.1 Å². The number of hydrogen-bond acceptors (Lipinski definition) is 7. The number of halogens is 1. The van der Waals surface area contributed by atoms with Crippen LogP contribution in [0.15, 0.2) is 59.9 Å². The molecule has 8 nitrogen and oxygen atoms in total. The van der Waals surface area contributed by atoms with Gasteiger partial charge in [-0.1, -0.05) is 6.42 Å². The minimum absolute atomic E-state index is 0.0656. The molecule has 3 aromatic rings. The van der Waals surface area contributed by atoms with Gasteiger partial charge in [-0.05, 0) is 49.2 Å².